The van der Waals surface area contributed by atoms with Crippen molar-refractivity contribution in [1.82, 2.24) is 5.48 Å². The van der Waals surface area contributed by atoms with Crippen molar-refractivity contribution in [3.8, 4) is 0 Å². The van der Waals surface area contributed by atoms with E-state index in [-0.39, 0.29) is 12.4 Å². The van der Waals surface area contributed by atoms with Crippen molar-refractivity contribution in [3.63, 3.8) is 0 Å². The van der Waals surface area contributed by atoms with E-state index in [1.54, 1.807) is 0 Å². The van der Waals surface area contributed by atoms with E-state index >= 15 is 0 Å². The highest BCUT2D eigenvalue weighted by Crippen LogP contribution is 2.33. The number of benzene rings is 1. The summed E-state index contributed by atoms with van der Waals surface area (Å²) < 4.78 is 0. The predicted octanol–water partition coefficient (Wildman–Crippen LogP) is 1.15. The molecule has 0 amide bonds. The smallest absolute Gasteiger partial charge is 0.196 e. The number of likely N-dealkylation sites (N-methyl/N-ethyl adjacent to an activating group) is 1. The minimum Gasteiger partial charge on any atom is -0.353 e. The molecule has 0 unspecified atom stereocenters. The van der Waals surface area contributed by atoms with Gasteiger partial charge in [0.05, 0.1) is 11.4 Å². The average molecular weight is 218 g/mol. The van der Waals surface area contributed by atoms with Crippen LogP contribution in [-0.4, -0.2) is 25.3 Å². The van der Waals surface area contributed by atoms with Gasteiger partial charge in [-0.1, -0.05) is 12.1 Å². The van der Waals surface area contributed by atoms with E-state index in [9.17, 15) is 0 Å². The third kappa shape index (κ3) is 1.32. The van der Waals surface area contributed by atoms with Crippen LogP contribution in [0.5, 0.6) is 0 Å². The Morgan fingerprint density at radius 3 is 3.06 bits per heavy atom. The number of hydrogen-bond acceptors (Lipinski definition) is 5. The third-order valence-electron chi connectivity index (χ3n) is 2.91. The summed E-state index contributed by atoms with van der Waals surface area (Å²) >= 11 is 0. The predicted molar refractivity (Wildman–Crippen MR) is 63.4 cm³/mol. The van der Waals surface area contributed by atoms with Gasteiger partial charge in [-0.3, -0.25) is 5.48 Å². The van der Waals surface area contributed by atoms with Crippen LogP contribution < -0.4 is 15.7 Å². The quantitative estimate of drug-likeness (QED) is 0.686. The number of para-hydroxylation sites is 2. The van der Waals surface area contributed by atoms with Crippen molar-refractivity contribution in [1.29, 1.82) is 0 Å². The zero-order valence-corrected chi connectivity index (χ0v) is 9.27. The Kier molecular flexibility index (Phi) is 2.00. The lowest BCUT2D eigenvalue weighted by molar-refractivity contribution is -0.000731. The van der Waals surface area contributed by atoms with Crippen LogP contribution in [-0.2, 0) is 4.84 Å². The largest absolute Gasteiger partial charge is 0.353 e. The van der Waals surface area contributed by atoms with Gasteiger partial charge in [-0.15, -0.1) is 0 Å². The highest BCUT2D eigenvalue weighted by atomic mass is 16.7. The highest BCUT2D eigenvalue weighted by molar-refractivity contribution is 5.81. The molecule has 1 aromatic carbocycles. The molecule has 2 heterocycles. The van der Waals surface area contributed by atoms with E-state index in [1.165, 1.54) is 0 Å². The van der Waals surface area contributed by atoms with Crippen LogP contribution in [0.25, 0.3) is 0 Å². The second-order valence-electron chi connectivity index (χ2n) is 4.04. The fourth-order valence-corrected chi connectivity index (χ4v) is 2.09. The lowest BCUT2D eigenvalue weighted by Gasteiger charge is -2.41. The molecule has 84 valence electrons. The minimum atomic E-state index is -0.149. The van der Waals surface area contributed by atoms with Gasteiger partial charge in [-0.25, -0.2) is 9.83 Å². The molecule has 2 aliphatic rings. The number of fused-ring (bicyclic) bond motifs is 2. The number of hydroxylamine groups is 1. The fourth-order valence-electron chi connectivity index (χ4n) is 2.09. The Balaban J connectivity index is 2.03. The van der Waals surface area contributed by atoms with Crippen LogP contribution in [0.1, 0.15) is 6.92 Å². The van der Waals surface area contributed by atoms with Gasteiger partial charge in [0.15, 0.2) is 12.4 Å². The number of nitrogens with one attached hydrogen (secondary N) is 2. The zero-order chi connectivity index (χ0) is 11.1. The molecule has 1 aromatic rings. The molecule has 0 spiro atoms. The molecule has 2 aliphatic heterocycles. The van der Waals surface area contributed by atoms with Gasteiger partial charge in [0.2, 0.25) is 0 Å². The topological polar surface area (TPSA) is 48.9 Å². The minimum absolute atomic E-state index is 0.0175. The van der Waals surface area contributed by atoms with E-state index in [1.807, 2.05) is 32.2 Å². The van der Waals surface area contributed by atoms with Crippen molar-refractivity contribution in [2.24, 2.45) is 4.99 Å². The van der Waals surface area contributed by atoms with Crippen molar-refractivity contribution < 1.29 is 4.84 Å². The standard InChI is InChI=1S/C11H14N4O/c1-7-12-10-11(16-14-7)13-8-5-3-4-6-9(8)15(10)2/h3-6,10-11,13H,1-2H3,(H,12,14)/t10-,11-/m1/s1. The van der Waals surface area contributed by atoms with E-state index in [0.717, 1.165) is 17.2 Å². The number of aliphatic imine (C=N–C) groups is 1. The first-order valence-corrected chi connectivity index (χ1v) is 5.30. The van der Waals surface area contributed by atoms with Crippen molar-refractivity contribution in [2.45, 2.75) is 19.3 Å². The lowest BCUT2D eigenvalue weighted by atomic mass is 10.1. The normalized spacial score (nSPS) is 27.1. The monoisotopic (exact) mass is 218 g/mol. The average Bonchev–Trinajstić information content (AvgIpc) is 2.31. The Labute approximate surface area is 94.1 Å². The van der Waals surface area contributed by atoms with E-state index in [4.69, 9.17) is 4.84 Å². The Morgan fingerprint density at radius 2 is 2.19 bits per heavy atom. The van der Waals surface area contributed by atoms with Gasteiger partial charge in [0.1, 0.15) is 5.84 Å². The van der Waals surface area contributed by atoms with Gasteiger partial charge in [-0.05, 0) is 19.1 Å². The van der Waals surface area contributed by atoms with Gasteiger partial charge in [0.25, 0.3) is 0 Å². The first-order chi connectivity index (χ1) is 7.75. The van der Waals surface area contributed by atoms with Crippen LogP contribution >= 0.6 is 0 Å². The Morgan fingerprint density at radius 1 is 1.38 bits per heavy atom. The maximum Gasteiger partial charge on any atom is 0.196 e. The summed E-state index contributed by atoms with van der Waals surface area (Å²) in [6.07, 6.45) is -0.167. The van der Waals surface area contributed by atoms with E-state index in [0.29, 0.717) is 0 Å². The highest BCUT2D eigenvalue weighted by Gasteiger charge is 2.35. The summed E-state index contributed by atoms with van der Waals surface area (Å²) in [7, 11) is 2.03. The summed E-state index contributed by atoms with van der Waals surface area (Å²) in [5, 5.41) is 3.32. The number of nitrogens with zero attached hydrogens (tertiary/aromatic N) is 2. The lowest BCUT2D eigenvalue weighted by Crippen LogP contribution is -2.55. The van der Waals surface area contributed by atoms with Gasteiger partial charge in [0, 0.05) is 7.05 Å². The van der Waals surface area contributed by atoms with Crippen molar-refractivity contribution >= 4 is 17.2 Å². The number of hydrogen-bond donors (Lipinski definition) is 2. The van der Waals surface area contributed by atoms with Crippen LogP contribution in [0.3, 0.4) is 0 Å². The number of amidine groups is 1. The Hall–Kier alpha value is -1.75. The molecule has 2 atom stereocenters. The molecule has 0 saturated heterocycles. The zero-order valence-electron chi connectivity index (χ0n) is 9.27. The fraction of sp³-hybridized carbons (Fsp3) is 0.364. The summed E-state index contributed by atoms with van der Waals surface area (Å²) in [5.41, 5.74) is 5.01. The van der Waals surface area contributed by atoms with Gasteiger partial charge in [-0.2, -0.15) is 0 Å². The molecule has 0 fully saturated rings. The van der Waals surface area contributed by atoms with Crippen LogP contribution in [0.15, 0.2) is 29.3 Å². The Bertz CT molecular complexity index is 445. The molecule has 0 bridgehead atoms. The maximum absolute atomic E-state index is 5.49. The molecular weight excluding hydrogens is 204 g/mol. The van der Waals surface area contributed by atoms with Crippen molar-refractivity contribution in [3.05, 3.63) is 24.3 Å². The van der Waals surface area contributed by atoms with Crippen molar-refractivity contribution in [2.75, 3.05) is 17.3 Å². The van der Waals surface area contributed by atoms with Gasteiger partial charge < -0.3 is 10.2 Å². The number of anilines is 2. The van der Waals surface area contributed by atoms with E-state index in [2.05, 4.69) is 26.8 Å². The summed E-state index contributed by atoms with van der Waals surface area (Å²) in [5.74, 6) is 0.800. The van der Waals surface area contributed by atoms with Gasteiger partial charge >= 0.3 is 0 Å². The molecule has 0 aromatic heterocycles. The SMILES string of the molecule is CC1=N[C@H]2[C@H](Nc3ccccc3N2C)ON1. The van der Waals surface area contributed by atoms with Crippen LogP contribution in [0, 0.1) is 0 Å². The molecule has 5 heteroatoms. The molecule has 2 N–H and O–H groups in total. The summed E-state index contributed by atoms with van der Waals surface area (Å²) in [6.45, 7) is 1.89. The van der Waals surface area contributed by atoms with Crippen LogP contribution in [0.4, 0.5) is 11.4 Å². The molecule has 0 radical (unpaired) electrons. The molecule has 3 rings (SSSR count). The molecular formula is C11H14N4O. The first kappa shape index (κ1) is 9.47. The summed E-state index contributed by atoms with van der Waals surface area (Å²) in [4.78, 5) is 12.1. The van der Waals surface area contributed by atoms with E-state index < -0.39 is 0 Å². The molecule has 0 aliphatic carbocycles. The second kappa shape index (κ2) is 3.38. The maximum atomic E-state index is 5.49. The molecule has 16 heavy (non-hydrogen) atoms. The van der Waals surface area contributed by atoms with Crippen LogP contribution in [0.2, 0.25) is 0 Å². The molecule has 0 saturated carbocycles. The second-order valence-corrected chi connectivity index (χ2v) is 4.04. The first-order valence-electron chi connectivity index (χ1n) is 5.30. The number of rotatable bonds is 0. The summed E-state index contributed by atoms with van der Waals surface area (Å²) in [6, 6.07) is 8.14. The third-order valence-corrected chi connectivity index (χ3v) is 2.91. The molecule has 5 nitrogen and oxygen atoms in total.